The minimum Gasteiger partial charge on any atom is -0.388 e. The van der Waals surface area contributed by atoms with Gasteiger partial charge >= 0.3 is 0 Å². The fourth-order valence-corrected chi connectivity index (χ4v) is 1.43. The summed E-state index contributed by atoms with van der Waals surface area (Å²) in [6.07, 6.45) is 4.38. The van der Waals surface area contributed by atoms with Crippen LogP contribution in [0.2, 0.25) is 0 Å². The Morgan fingerprint density at radius 3 is 3.00 bits per heavy atom. The number of nitrogens with zero attached hydrogens (tertiary/aromatic N) is 1. The molecule has 0 aliphatic heterocycles. The third-order valence-corrected chi connectivity index (χ3v) is 2.32. The van der Waals surface area contributed by atoms with Crippen molar-refractivity contribution in [2.45, 2.75) is 39.4 Å². The van der Waals surface area contributed by atoms with Gasteiger partial charge in [0.25, 0.3) is 0 Å². The molecule has 0 aliphatic carbocycles. The van der Waals surface area contributed by atoms with Crippen LogP contribution < -0.4 is 5.32 Å². The molecule has 0 fully saturated rings. The summed E-state index contributed by atoms with van der Waals surface area (Å²) in [7, 11) is 1.90. The van der Waals surface area contributed by atoms with Crippen LogP contribution in [-0.4, -0.2) is 18.1 Å². The summed E-state index contributed by atoms with van der Waals surface area (Å²) in [6, 6.07) is 3.96. The topological polar surface area (TPSA) is 34.1 Å². The molecule has 1 rings (SSSR count). The second-order valence-electron chi connectivity index (χ2n) is 3.70. The Morgan fingerprint density at radius 1 is 1.53 bits per heavy atom. The van der Waals surface area contributed by atoms with Crippen LogP contribution in [0.4, 0.5) is 5.69 Å². The molecule has 0 amide bonds. The predicted molar refractivity (Wildman–Crippen MR) is 62.9 cm³/mol. The van der Waals surface area contributed by atoms with E-state index in [-0.39, 0.29) is 0 Å². The highest BCUT2D eigenvalue weighted by molar-refractivity contribution is 5.42. The van der Waals surface area contributed by atoms with Crippen LogP contribution in [0.3, 0.4) is 0 Å². The first kappa shape index (κ1) is 12.0. The number of aromatic nitrogens is 1. The highest BCUT2D eigenvalue weighted by Gasteiger charge is 2.02. The average molecular weight is 208 g/mol. The van der Waals surface area contributed by atoms with Gasteiger partial charge in [-0.15, -0.1) is 0 Å². The van der Waals surface area contributed by atoms with Gasteiger partial charge in [0.1, 0.15) is 0 Å². The molecule has 1 atom stereocenters. The number of hydrogen-bond acceptors (Lipinski definition) is 3. The average Bonchev–Trinajstić information content (AvgIpc) is 2.27. The van der Waals surface area contributed by atoms with Crippen molar-refractivity contribution in [3.63, 3.8) is 0 Å². The summed E-state index contributed by atoms with van der Waals surface area (Å²) >= 11 is 0. The van der Waals surface area contributed by atoms with Gasteiger partial charge in [0.05, 0.1) is 18.4 Å². The molecule has 0 aliphatic rings. The standard InChI is InChI=1S/C12H20N2O/c1-4-5-10(2)15-9-12-8-11(13-3)6-7-14-12/h6-8,10H,4-5,9H2,1-3H3,(H,13,14). The smallest absolute Gasteiger partial charge is 0.0892 e. The van der Waals surface area contributed by atoms with Crippen molar-refractivity contribution in [3.05, 3.63) is 24.0 Å². The van der Waals surface area contributed by atoms with E-state index < -0.39 is 0 Å². The maximum Gasteiger partial charge on any atom is 0.0892 e. The first-order valence-corrected chi connectivity index (χ1v) is 5.50. The monoisotopic (exact) mass is 208 g/mol. The normalized spacial score (nSPS) is 12.5. The maximum atomic E-state index is 5.68. The minimum atomic E-state index is 0.315. The van der Waals surface area contributed by atoms with Crippen molar-refractivity contribution >= 4 is 5.69 Å². The molecular formula is C12H20N2O. The van der Waals surface area contributed by atoms with Gasteiger partial charge in [-0.05, 0) is 25.5 Å². The molecule has 3 heteroatoms. The minimum absolute atomic E-state index is 0.315. The van der Waals surface area contributed by atoms with E-state index in [1.54, 1.807) is 6.20 Å². The van der Waals surface area contributed by atoms with Crippen molar-refractivity contribution in [3.8, 4) is 0 Å². The van der Waals surface area contributed by atoms with Gasteiger partial charge in [-0.1, -0.05) is 13.3 Å². The molecule has 0 aromatic carbocycles. The van der Waals surface area contributed by atoms with E-state index in [4.69, 9.17) is 4.74 Å². The molecule has 3 nitrogen and oxygen atoms in total. The Morgan fingerprint density at radius 2 is 2.33 bits per heavy atom. The second-order valence-corrected chi connectivity index (χ2v) is 3.70. The molecule has 1 aromatic heterocycles. The first-order valence-electron chi connectivity index (χ1n) is 5.50. The lowest BCUT2D eigenvalue weighted by Crippen LogP contribution is -2.08. The molecule has 84 valence electrons. The molecule has 0 saturated heterocycles. The van der Waals surface area contributed by atoms with Crippen molar-refractivity contribution in [1.82, 2.24) is 4.98 Å². The number of ether oxygens (including phenoxy) is 1. The van der Waals surface area contributed by atoms with Crippen molar-refractivity contribution in [1.29, 1.82) is 0 Å². The van der Waals surface area contributed by atoms with Gasteiger partial charge in [0.2, 0.25) is 0 Å². The molecule has 0 bridgehead atoms. The predicted octanol–water partition coefficient (Wildman–Crippen LogP) is 2.83. The highest BCUT2D eigenvalue weighted by atomic mass is 16.5. The second kappa shape index (κ2) is 6.40. The third-order valence-electron chi connectivity index (χ3n) is 2.32. The zero-order chi connectivity index (χ0) is 11.1. The summed E-state index contributed by atoms with van der Waals surface area (Å²) in [5.41, 5.74) is 2.05. The molecule has 1 aromatic rings. The summed E-state index contributed by atoms with van der Waals surface area (Å²) in [5, 5.41) is 3.08. The van der Waals surface area contributed by atoms with Gasteiger partial charge in [-0.25, -0.2) is 0 Å². The van der Waals surface area contributed by atoms with Crippen LogP contribution in [0.5, 0.6) is 0 Å². The van der Waals surface area contributed by atoms with Crippen molar-refractivity contribution in [2.75, 3.05) is 12.4 Å². The van der Waals surface area contributed by atoms with Crippen molar-refractivity contribution in [2.24, 2.45) is 0 Å². The molecular weight excluding hydrogens is 188 g/mol. The van der Waals surface area contributed by atoms with Gasteiger partial charge in [-0.2, -0.15) is 0 Å². The van der Waals surface area contributed by atoms with E-state index >= 15 is 0 Å². The fourth-order valence-electron chi connectivity index (χ4n) is 1.43. The van der Waals surface area contributed by atoms with E-state index in [2.05, 4.69) is 24.1 Å². The summed E-state index contributed by atoms with van der Waals surface area (Å²) in [6.45, 7) is 4.86. The van der Waals surface area contributed by atoms with E-state index in [0.717, 1.165) is 24.2 Å². The SMILES string of the molecule is CCCC(C)OCc1cc(NC)ccn1. The quantitative estimate of drug-likeness (QED) is 0.780. The van der Waals surface area contributed by atoms with Gasteiger partial charge in [-0.3, -0.25) is 4.98 Å². The summed E-state index contributed by atoms with van der Waals surface area (Å²) in [4.78, 5) is 4.25. The van der Waals surface area contributed by atoms with E-state index in [0.29, 0.717) is 12.7 Å². The maximum absolute atomic E-state index is 5.68. The van der Waals surface area contributed by atoms with Gasteiger partial charge in [0, 0.05) is 18.9 Å². The Balaban J connectivity index is 2.43. The first-order chi connectivity index (χ1) is 7.26. The molecule has 1 heterocycles. The molecule has 0 spiro atoms. The third kappa shape index (κ3) is 4.30. The molecule has 1 N–H and O–H groups in total. The van der Waals surface area contributed by atoms with Crippen LogP contribution in [0.1, 0.15) is 32.4 Å². The number of rotatable bonds is 6. The van der Waals surface area contributed by atoms with E-state index in [1.807, 2.05) is 19.2 Å². The largest absolute Gasteiger partial charge is 0.388 e. The summed E-state index contributed by atoms with van der Waals surface area (Å²) < 4.78 is 5.68. The molecule has 15 heavy (non-hydrogen) atoms. The lowest BCUT2D eigenvalue weighted by Gasteiger charge is -2.11. The fraction of sp³-hybridized carbons (Fsp3) is 0.583. The zero-order valence-electron chi connectivity index (χ0n) is 9.79. The Kier molecular flexibility index (Phi) is 5.12. The number of pyridine rings is 1. The zero-order valence-corrected chi connectivity index (χ0v) is 9.79. The number of anilines is 1. The Labute approximate surface area is 91.9 Å². The lowest BCUT2D eigenvalue weighted by atomic mass is 10.2. The van der Waals surface area contributed by atoms with Crippen LogP contribution in [0.25, 0.3) is 0 Å². The summed E-state index contributed by atoms with van der Waals surface area (Å²) in [5.74, 6) is 0. The Hall–Kier alpha value is -1.09. The number of hydrogen-bond donors (Lipinski definition) is 1. The Bertz CT molecular complexity index is 289. The lowest BCUT2D eigenvalue weighted by molar-refractivity contribution is 0.0453. The number of nitrogens with one attached hydrogen (secondary N) is 1. The van der Waals surface area contributed by atoms with Crippen molar-refractivity contribution < 1.29 is 4.74 Å². The molecule has 0 saturated carbocycles. The highest BCUT2D eigenvalue weighted by Crippen LogP contribution is 2.09. The molecule has 1 unspecified atom stereocenters. The van der Waals surface area contributed by atoms with E-state index in [1.165, 1.54) is 0 Å². The van der Waals surface area contributed by atoms with Crippen LogP contribution in [0.15, 0.2) is 18.3 Å². The van der Waals surface area contributed by atoms with Gasteiger partial charge in [0.15, 0.2) is 0 Å². The van der Waals surface area contributed by atoms with Crippen LogP contribution >= 0.6 is 0 Å². The molecule has 0 radical (unpaired) electrons. The van der Waals surface area contributed by atoms with Crippen LogP contribution in [-0.2, 0) is 11.3 Å². The van der Waals surface area contributed by atoms with Crippen LogP contribution in [0, 0.1) is 0 Å². The van der Waals surface area contributed by atoms with E-state index in [9.17, 15) is 0 Å². The van der Waals surface area contributed by atoms with Gasteiger partial charge < -0.3 is 10.1 Å².